The van der Waals surface area contributed by atoms with E-state index in [0.29, 0.717) is 17.4 Å². The van der Waals surface area contributed by atoms with E-state index in [2.05, 4.69) is 135 Å². The Bertz CT molecular complexity index is 1730. The van der Waals surface area contributed by atoms with Crippen LogP contribution in [0.15, 0.2) is 122 Å². The molecule has 0 bridgehead atoms. The summed E-state index contributed by atoms with van der Waals surface area (Å²) in [7, 11) is 1.14. The second kappa shape index (κ2) is 58.1. The van der Waals surface area contributed by atoms with E-state index < -0.39 is 32.5 Å². The maximum absolute atomic E-state index is 12.8. The highest BCUT2D eigenvalue weighted by Gasteiger charge is 2.22. The summed E-state index contributed by atoms with van der Waals surface area (Å²) >= 11 is 0. The van der Waals surface area contributed by atoms with Gasteiger partial charge in [-0.05, 0) is 109 Å². The molecule has 0 amide bonds. The van der Waals surface area contributed by atoms with Crippen LogP contribution < -0.4 is 4.89 Å². The number of hydrogen-bond donors (Lipinski definition) is 0. The second-order valence-corrected chi connectivity index (χ2v) is 23.1. The van der Waals surface area contributed by atoms with Crippen molar-refractivity contribution >= 4 is 19.8 Å². The third kappa shape index (κ3) is 61.6. The summed E-state index contributed by atoms with van der Waals surface area (Å²) < 4.78 is 34.2. The maximum Gasteiger partial charge on any atom is 0.306 e. The molecule has 446 valence electrons. The average Bonchev–Trinajstić information content (AvgIpc) is 3.40. The quantitative estimate of drug-likeness (QED) is 0.0195. The standard InChI is InChI=1S/C68H116NO8P/c1-6-8-10-12-14-16-18-20-22-24-26-28-30-31-32-33-34-35-36-37-39-41-43-45-47-49-51-53-55-57-59-61-68(71)77-66(65-76-78(72,73)75-63-62-69(3,4)5)64-74-67(70)60-58-56-54-52-50-48-46-44-42-40-38-29-27-25-23-21-19-17-15-13-11-9-7-2/h8,10,14,16,19-22,25-28,31-32,34-35,37-40,66H,6-7,9,11-13,15,17-18,23-24,29-30,33,36,41-65H2,1-5H3/b10-8-,16-14-,21-19-,22-20-,27-25-,28-26-,32-31-,35-34-,39-37-,40-38-. The zero-order chi connectivity index (χ0) is 57.0. The number of rotatable bonds is 56. The van der Waals surface area contributed by atoms with E-state index in [9.17, 15) is 19.0 Å². The Morgan fingerprint density at radius 3 is 1.09 bits per heavy atom. The SMILES string of the molecule is CC/C=C\C/C=C\C/C=C\C/C=C\C/C=C\C/C=C\C/C=C\CCCCCCCCCCCC(=O)OC(COC(=O)CCCCCCCCCC/C=C\C/C=C\C/C=C\CCCCCCC)COP(=O)([O-])OCC[N+](C)(C)C. The van der Waals surface area contributed by atoms with Crippen LogP contribution in [0.1, 0.15) is 245 Å². The number of carbonyl (C=O) groups excluding carboxylic acids is 2. The normalized spacial score (nSPS) is 14.1. The molecule has 0 aliphatic rings. The van der Waals surface area contributed by atoms with E-state index in [1.54, 1.807) is 0 Å². The van der Waals surface area contributed by atoms with Gasteiger partial charge in [0.25, 0.3) is 7.82 Å². The van der Waals surface area contributed by atoms with Gasteiger partial charge in [-0.2, -0.15) is 0 Å². The smallest absolute Gasteiger partial charge is 0.306 e. The number of esters is 2. The number of hydrogen-bond acceptors (Lipinski definition) is 8. The van der Waals surface area contributed by atoms with Crippen LogP contribution >= 0.6 is 7.82 Å². The van der Waals surface area contributed by atoms with E-state index in [4.69, 9.17) is 18.5 Å². The predicted molar refractivity (Wildman–Crippen MR) is 332 cm³/mol. The summed E-state index contributed by atoms with van der Waals surface area (Å²) in [4.78, 5) is 38.0. The summed E-state index contributed by atoms with van der Waals surface area (Å²) in [6.07, 6.45) is 82.4. The van der Waals surface area contributed by atoms with E-state index in [0.717, 1.165) is 116 Å². The van der Waals surface area contributed by atoms with Crippen LogP contribution in [0.5, 0.6) is 0 Å². The van der Waals surface area contributed by atoms with Gasteiger partial charge in [-0.25, -0.2) is 0 Å². The van der Waals surface area contributed by atoms with Crippen LogP contribution in [0.25, 0.3) is 0 Å². The van der Waals surface area contributed by atoms with E-state index in [-0.39, 0.29) is 26.1 Å². The van der Waals surface area contributed by atoms with Gasteiger partial charge in [0.1, 0.15) is 19.8 Å². The second-order valence-electron chi connectivity index (χ2n) is 21.7. The third-order valence-corrected chi connectivity index (χ3v) is 13.9. The van der Waals surface area contributed by atoms with Gasteiger partial charge >= 0.3 is 11.9 Å². The Kier molecular flexibility index (Phi) is 55.4. The molecule has 0 aliphatic heterocycles. The number of likely N-dealkylation sites (N-methyl/N-ethyl adjacent to an activating group) is 1. The number of phosphoric acid groups is 1. The molecule has 0 saturated heterocycles. The van der Waals surface area contributed by atoms with Gasteiger partial charge in [-0.15, -0.1) is 0 Å². The van der Waals surface area contributed by atoms with Gasteiger partial charge in [-0.1, -0.05) is 245 Å². The van der Waals surface area contributed by atoms with Crippen LogP contribution in [0.4, 0.5) is 0 Å². The van der Waals surface area contributed by atoms with Crippen molar-refractivity contribution in [3.05, 3.63) is 122 Å². The molecule has 0 aromatic rings. The fourth-order valence-electron chi connectivity index (χ4n) is 8.17. The lowest BCUT2D eigenvalue weighted by atomic mass is 10.1. The third-order valence-electron chi connectivity index (χ3n) is 13.0. The first-order chi connectivity index (χ1) is 38.0. The van der Waals surface area contributed by atoms with Crippen LogP contribution in [-0.4, -0.2) is 70.0 Å². The monoisotopic (exact) mass is 1110 g/mol. The zero-order valence-electron chi connectivity index (χ0n) is 50.6. The van der Waals surface area contributed by atoms with Gasteiger partial charge in [0.2, 0.25) is 0 Å². The summed E-state index contributed by atoms with van der Waals surface area (Å²) in [6.45, 7) is 4.10. The van der Waals surface area contributed by atoms with Crippen molar-refractivity contribution < 1.29 is 42.1 Å². The molecule has 0 fully saturated rings. The molecule has 0 aromatic heterocycles. The number of allylic oxidation sites excluding steroid dienone is 20. The lowest BCUT2D eigenvalue weighted by Crippen LogP contribution is -2.37. The Hall–Kier alpha value is -3.59. The van der Waals surface area contributed by atoms with E-state index in [1.807, 2.05) is 21.1 Å². The van der Waals surface area contributed by atoms with Crippen molar-refractivity contribution in [3.8, 4) is 0 Å². The maximum atomic E-state index is 12.8. The van der Waals surface area contributed by atoms with Crippen LogP contribution in [0, 0.1) is 0 Å². The van der Waals surface area contributed by atoms with Crippen LogP contribution in [-0.2, 0) is 32.7 Å². The minimum Gasteiger partial charge on any atom is -0.756 e. The Morgan fingerprint density at radius 1 is 0.410 bits per heavy atom. The molecular formula is C68H116NO8P. The molecular weight excluding hydrogens is 990 g/mol. The first kappa shape index (κ1) is 74.4. The first-order valence-corrected chi connectivity index (χ1v) is 32.7. The van der Waals surface area contributed by atoms with Crippen molar-refractivity contribution in [1.82, 2.24) is 0 Å². The number of ether oxygens (including phenoxy) is 2. The summed E-state index contributed by atoms with van der Waals surface area (Å²) in [5.41, 5.74) is 0. The minimum atomic E-state index is -4.65. The predicted octanol–water partition coefficient (Wildman–Crippen LogP) is 19.3. The number of carbonyl (C=O) groups is 2. The lowest BCUT2D eigenvalue weighted by molar-refractivity contribution is -0.870. The van der Waals surface area contributed by atoms with Gasteiger partial charge in [0.05, 0.1) is 27.7 Å². The number of quaternary nitrogens is 1. The van der Waals surface area contributed by atoms with Crippen LogP contribution in [0.2, 0.25) is 0 Å². The molecule has 10 heteroatoms. The number of nitrogens with zero attached hydrogens (tertiary/aromatic N) is 1. The largest absolute Gasteiger partial charge is 0.756 e. The van der Waals surface area contributed by atoms with Gasteiger partial charge in [-0.3, -0.25) is 14.2 Å². The summed E-state index contributed by atoms with van der Waals surface area (Å²) in [5, 5.41) is 0. The molecule has 2 unspecified atom stereocenters. The molecule has 0 aliphatic carbocycles. The summed E-state index contributed by atoms with van der Waals surface area (Å²) in [5.74, 6) is -0.853. The molecule has 0 N–H and O–H groups in total. The molecule has 0 saturated carbocycles. The van der Waals surface area contributed by atoms with Gasteiger partial charge in [0.15, 0.2) is 6.10 Å². The highest BCUT2D eigenvalue weighted by Crippen LogP contribution is 2.38. The van der Waals surface area contributed by atoms with Crippen molar-refractivity contribution in [2.75, 3.05) is 47.5 Å². The molecule has 0 radical (unpaired) electrons. The van der Waals surface area contributed by atoms with Crippen LogP contribution in [0.3, 0.4) is 0 Å². The Morgan fingerprint density at radius 2 is 0.731 bits per heavy atom. The van der Waals surface area contributed by atoms with E-state index in [1.165, 1.54) is 96.3 Å². The lowest BCUT2D eigenvalue weighted by Gasteiger charge is -2.28. The molecule has 0 heterocycles. The fraction of sp³-hybridized carbons (Fsp3) is 0.676. The topological polar surface area (TPSA) is 111 Å². The van der Waals surface area contributed by atoms with Crippen molar-refractivity contribution in [1.29, 1.82) is 0 Å². The molecule has 0 rings (SSSR count). The van der Waals surface area contributed by atoms with Crippen molar-refractivity contribution in [3.63, 3.8) is 0 Å². The highest BCUT2D eigenvalue weighted by atomic mass is 31.2. The van der Waals surface area contributed by atoms with Crippen molar-refractivity contribution in [2.45, 2.75) is 251 Å². The number of phosphoric ester groups is 1. The minimum absolute atomic E-state index is 0.0396. The number of unbranched alkanes of at least 4 members (excludes halogenated alkanes) is 22. The average molecular weight is 1110 g/mol. The molecule has 78 heavy (non-hydrogen) atoms. The summed E-state index contributed by atoms with van der Waals surface area (Å²) in [6, 6.07) is 0. The van der Waals surface area contributed by atoms with Gasteiger partial charge in [0, 0.05) is 12.8 Å². The Labute approximate surface area is 479 Å². The fourth-order valence-corrected chi connectivity index (χ4v) is 8.90. The first-order valence-electron chi connectivity index (χ1n) is 31.2. The molecule has 0 aromatic carbocycles. The Balaban J connectivity index is 4.19. The van der Waals surface area contributed by atoms with Crippen molar-refractivity contribution in [2.24, 2.45) is 0 Å². The molecule has 0 spiro atoms. The highest BCUT2D eigenvalue weighted by molar-refractivity contribution is 7.45. The molecule has 9 nitrogen and oxygen atoms in total. The zero-order valence-corrected chi connectivity index (χ0v) is 51.5. The van der Waals surface area contributed by atoms with Gasteiger partial charge < -0.3 is 27.9 Å². The molecule has 2 atom stereocenters. The van der Waals surface area contributed by atoms with E-state index >= 15 is 0 Å².